The fourth-order valence-electron chi connectivity index (χ4n) is 2.60. The van der Waals surface area contributed by atoms with Gasteiger partial charge >= 0.3 is 0 Å². The van der Waals surface area contributed by atoms with Crippen LogP contribution >= 0.6 is 0 Å². The summed E-state index contributed by atoms with van der Waals surface area (Å²) in [5, 5.41) is 3.46. The molecule has 2 heteroatoms. The lowest BCUT2D eigenvalue weighted by molar-refractivity contribution is 0.112. The zero-order valence-corrected chi connectivity index (χ0v) is 9.79. The van der Waals surface area contributed by atoms with Crippen LogP contribution in [0.1, 0.15) is 33.1 Å². The molecule has 1 saturated heterocycles. The predicted molar refractivity (Wildman–Crippen MR) is 60.4 cm³/mol. The summed E-state index contributed by atoms with van der Waals surface area (Å²) >= 11 is 0. The highest BCUT2D eigenvalue weighted by molar-refractivity contribution is 4.92. The number of nitrogens with zero attached hydrogens (tertiary/aromatic N) is 1. The van der Waals surface area contributed by atoms with Crippen LogP contribution in [0.4, 0.5) is 0 Å². The van der Waals surface area contributed by atoms with Gasteiger partial charge in [-0.3, -0.25) is 4.90 Å². The Bertz CT molecular complexity index is 177. The lowest BCUT2D eigenvalue weighted by Gasteiger charge is -2.39. The normalized spacial score (nSPS) is 35.1. The minimum Gasteiger partial charge on any atom is -0.316 e. The highest BCUT2D eigenvalue weighted by Crippen LogP contribution is 2.33. The smallest absolute Gasteiger partial charge is 0.0195 e. The Kier molecular flexibility index (Phi) is 3.13. The molecule has 1 N–H and O–H groups in total. The Morgan fingerprint density at radius 1 is 1.21 bits per heavy atom. The molecule has 1 aliphatic heterocycles. The first-order chi connectivity index (χ1) is 6.70. The Balaban J connectivity index is 1.93. The summed E-state index contributed by atoms with van der Waals surface area (Å²) in [6.07, 6.45) is 4.26. The molecular weight excluding hydrogens is 172 g/mol. The van der Waals surface area contributed by atoms with Crippen molar-refractivity contribution >= 4 is 0 Å². The van der Waals surface area contributed by atoms with Crippen LogP contribution in [0.5, 0.6) is 0 Å². The molecule has 2 rings (SSSR count). The van der Waals surface area contributed by atoms with E-state index in [1.165, 1.54) is 32.4 Å². The van der Waals surface area contributed by atoms with E-state index in [2.05, 4.69) is 31.1 Å². The van der Waals surface area contributed by atoms with Gasteiger partial charge < -0.3 is 5.32 Å². The highest BCUT2D eigenvalue weighted by Gasteiger charge is 2.36. The fourth-order valence-corrected chi connectivity index (χ4v) is 2.60. The van der Waals surface area contributed by atoms with Crippen LogP contribution in [0.2, 0.25) is 0 Å². The van der Waals surface area contributed by atoms with E-state index in [9.17, 15) is 0 Å². The summed E-state index contributed by atoms with van der Waals surface area (Å²) in [5.74, 6) is 1.74. The molecule has 0 aromatic heterocycles. The lowest BCUT2D eigenvalue weighted by atomic mass is 9.85. The average molecular weight is 196 g/mol. The third kappa shape index (κ3) is 2.29. The number of hydrogen-bond acceptors (Lipinski definition) is 2. The van der Waals surface area contributed by atoms with E-state index in [0.29, 0.717) is 0 Å². The maximum Gasteiger partial charge on any atom is 0.0195 e. The summed E-state index contributed by atoms with van der Waals surface area (Å²) in [6.45, 7) is 7.37. The van der Waals surface area contributed by atoms with Crippen molar-refractivity contribution in [1.29, 1.82) is 0 Å². The lowest BCUT2D eigenvalue weighted by Crippen LogP contribution is -2.50. The van der Waals surface area contributed by atoms with Crippen LogP contribution in [0.25, 0.3) is 0 Å². The molecule has 82 valence electrons. The summed E-state index contributed by atoms with van der Waals surface area (Å²) in [5.41, 5.74) is 0. The summed E-state index contributed by atoms with van der Waals surface area (Å²) in [4.78, 5) is 2.72. The molecule has 1 saturated carbocycles. The zero-order valence-electron chi connectivity index (χ0n) is 9.79. The van der Waals surface area contributed by atoms with E-state index in [0.717, 1.165) is 23.9 Å². The standard InChI is InChI=1S/C12H24N2/c1-9(2)10-6-11(13-3)8-14(7-10)12-4-5-12/h9-13H,4-8H2,1-3H3. The van der Waals surface area contributed by atoms with Crippen molar-refractivity contribution in [3.05, 3.63) is 0 Å². The van der Waals surface area contributed by atoms with Crippen molar-refractivity contribution in [2.24, 2.45) is 11.8 Å². The van der Waals surface area contributed by atoms with Gasteiger partial charge in [-0.05, 0) is 38.1 Å². The molecule has 2 unspecified atom stereocenters. The second-order valence-corrected chi connectivity index (χ2v) is 5.41. The van der Waals surface area contributed by atoms with Crippen molar-refractivity contribution in [2.75, 3.05) is 20.1 Å². The van der Waals surface area contributed by atoms with E-state index in [4.69, 9.17) is 0 Å². The number of nitrogens with one attached hydrogen (secondary N) is 1. The molecule has 0 amide bonds. The third-order valence-electron chi connectivity index (χ3n) is 3.93. The first-order valence-corrected chi connectivity index (χ1v) is 6.12. The first-order valence-electron chi connectivity index (χ1n) is 6.12. The minimum absolute atomic E-state index is 0.733. The van der Waals surface area contributed by atoms with Crippen LogP contribution in [0, 0.1) is 11.8 Å². The van der Waals surface area contributed by atoms with Gasteiger partial charge in [0.15, 0.2) is 0 Å². The molecule has 0 aromatic rings. The van der Waals surface area contributed by atoms with Gasteiger partial charge in [-0.15, -0.1) is 0 Å². The summed E-state index contributed by atoms with van der Waals surface area (Å²) < 4.78 is 0. The van der Waals surface area contributed by atoms with Crippen LogP contribution in [-0.2, 0) is 0 Å². The summed E-state index contributed by atoms with van der Waals surface area (Å²) in [6, 6.07) is 1.67. The van der Waals surface area contributed by atoms with E-state index in [-0.39, 0.29) is 0 Å². The van der Waals surface area contributed by atoms with Crippen LogP contribution in [0.15, 0.2) is 0 Å². The van der Waals surface area contributed by atoms with Gasteiger partial charge in [-0.2, -0.15) is 0 Å². The van der Waals surface area contributed by atoms with Gasteiger partial charge in [-0.25, -0.2) is 0 Å². The molecule has 0 aromatic carbocycles. The molecule has 14 heavy (non-hydrogen) atoms. The third-order valence-corrected chi connectivity index (χ3v) is 3.93. The van der Waals surface area contributed by atoms with Gasteiger partial charge in [0.2, 0.25) is 0 Å². The van der Waals surface area contributed by atoms with Gasteiger partial charge in [-0.1, -0.05) is 13.8 Å². The number of likely N-dealkylation sites (N-methyl/N-ethyl adjacent to an activating group) is 1. The van der Waals surface area contributed by atoms with Gasteiger partial charge in [0.25, 0.3) is 0 Å². The number of hydrogen-bond donors (Lipinski definition) is 1. The van der Waals surface area contributed by atoms with Crippen LogP contribution in [0.3, 0.4) is 0 Å². The minimum atomic E-state index is 0.733. The Morgan fingerprint density at radius 2 is 1.93 bits per heavy atom. The maximum absolute atomic E-state index is 3.46. The first kappa shape index (κ1) is 10.4. The van der Waals surface area contributed by atoms with Crippen LogP contribution < -0.4 is 5.32 Å². The molecular formula is C12H24N2. The average Bonchev–Trinajstić information content (AvgIpc) is 3.00. The SMILES string of the molecule is CNC1CC(C(C)C)CN(C2CC2)C1. The number of piperidine rings is 1. The number of likely N-dealkylation sites (tertiary alicyclic amines) is 1. The van der Waals surface area contributed by atoms with Crippen molar-refractivity contribution in [3.8, 4) is 0 Å². The van der Waals surface area contributed by atoms with Crippen molar-refractivity contribution in [3.63, 3.8) is 0 Å². The Labute approximate surface area is 88.1 Å². The fraction of sp³-hybridized carbons (Fsp3) is 1.00. The molecule has 1 aliphatic carbocycles. The van der Waals surface area contributed by atoms with Crippen molar-refractivity contribution < 1.29 is 0 Å². The van der Waals surface area contributed by atoms with E-state index in [1.807, 2.05) is 0 Å². The van der Waals surface area contributed by atoms with Gasteiger partial charge in [0.05, 0.1) is 0 Å². The van der Waals surface area contributed by atoms with E-state index >= 15 is 0 Å². The van der Waals surface area contributed by atoms with Crippen molar-refractivity contribution in [2.45, 2.75) is 45.2 Å². The second-order valence-electron chi connectivity index (χ2n) is 5.41. The van der Waals surface area contributed by atoms with Crippen molar-refractivity contribution in [1.82, 2.24) is 10.2 Å². The quantitative estimate of drug-likeness (QED) is 0.739. The zero-order chi connectivity index (χ0) is 10.1. The largest absolute Gasteiger partial charge is 0.316 e. The molecule has 1 heterocycles. The topological polar surface area (TPSA) is 15.3 Å². The van der Waals surface area contributed by atoms with Gasteiger partial charge in [0.1, 0.15) is 0 Å². The maximum atomic E-state index is 3.46. The monoisotopic (exact) mass is 196 g/mol. The summed E-state index contributed by atoms with van der Waals surface area (Å²) in [7, 11) is 2.11. The second kappa shape index (κ2) is 4.19. The van der Waals surface area contributed by atoms with E-state index in [1.54, 1.807) is 0 Å². The molecule has 2 atom stereocenters. The molecule has 2 nitrogen and oxygen atoms in total. The molecule has 2 aliphatic rings. The predicted octanol–water partition coefficient (Wildman–Crippen LogP) is 1.71. The van der Waals surface area contributed by atoms with E-state index < -0.39 is 0 Å². The Hall–Kier alpha value is -0.0800. The Morgan fingerprint density at radius 3 is 2.43 bits per heavy atom. The molecule has 0 bridgehead atoms. The van der Waals surface area contributed by atoms with Crippen LogP contribution in [-0.4, -0.2) is 37.1 Å². The molecule has 2 fully saturated rings. The number of rotatable bonds is 3. The van der Waals surface area contributed by atoms with Gasteiger partial charge in [0, 0.05) is 25.2 Å². The molecule has 0 spiro atoms. The molecule has 0 radical (unpaired) electrons. The highest BCUT2D eigenvalue weighted by atomic mass is 15.2.